The zero-order chi connectivity index (χ0) is 8.55. The van der Waals surface area contributed by atoms with Crippen molar-refractivity contribution in [3.8, 4) is 0 Å². The van der Waals surface area contributed by atoms with E-state index in [-0.39, 0.29) is 5.78 Å². The second kappa shape index (κ2) is 2.98. The highest BCUT2D eigenvalue weighted by Gasteiger charge is 2.26. The van der Waals surface area contributed by atoms with Crippen LogP contribution in [0.15, 0.2) is 6.20 Å². The number of hydrogen-bond acceptors (Lipinski definition) is 3. The number of carbonyl (C=O) groups is 1. The highest BCUT2D eigenvalue weighted by Crippen LogP contribution is 2.42. The Balaban J connectivity index is 2.17. The standard InChI is InChI=1S/C9H11NOS/c1-2-7(11)9-10-5-8(12-9)6-3-4-6/h5-6H,2-4H2,1H3. The first-order valence-electron chi connectivity index (χ1n) is 4.30. The molecular formula is C9H11NOS. The predicted molar refractivity (Wildman–Crippen MR) is 48.7 cm³/mol. The molecule has 1 fully saturated rings. The number of rotatable bonds is 3. The van der Waals surface area contributed by atoms with Crippen molar-refractivity contribution in [2.75, 3.05) is 0 Å². The summed E-state index contributed by atoms with van der Waals surface area (Å²) in [6.45, 7) is 1.88. The lowest BCUT2D eigenvalue weighted by molar-refractivity contribution is 0.0988. The number of nitrogens with zero attached hydrogens (tertiary/aromatic N) is 1. The molecule has 0 saturated heterocycles. The molecule has 0 aliphatic heterocycles. The van der Waals surface area contributed by atoms with Crippen LogP contribution >= 0.6 is 11.3 Å². The monoisotopic (exact) mass is 181 g/mol. The maximum absolute atomic E-state index is 11.2. The fourth-order valence-corrected chi connectivity index (χ4v) is 2.22. The van der Waals surface area contributed by atoms with Gasteiger partial charge in [0.15, 0.2) is 10.8 Å². The van der Waals surface area contributed by atoms with Crippen LogP contribution < -0.4 is 0 Å². The van der Waals surface area contributed by atoms with Gasteiger partial charge in [-0.1, -0.05) is 6.92 Å². The molecule has 1 aliphatic rings. The van der Waals surface area contributed by atoms with E-state index in [1.165, 1.54) is 17.7 Å². The van der Waals surface area contributed by atoms with Crippen LogP contribution in [0.25, 0.3) is 0 Å². The van der Waals surface area contributed by atoms with Crippen molar-refractivity contribution in [2.24, 2.45) is 0 Å². The molecule has 2 rings (SSSR count). The van der Waals surface area contributed by atoms with Crippen molar-refractivity contribution in [3.63, 3.8) is 0 Å². The molecule has 0 atom stereocenters. The quantitative estimate of drug-likeness (QED) is 0.671. The van der Waals surface area contributed by atoms with E-state index in [1.54, 1.807) is 11.3 Å². The average molecular weight is 181 g/mol. The number of aromatic nitrogens is 1. The van der Waals surface area contributed by atoms with Crippen LogP contribution in [0, 0.1) is 0 Å². The van der Waals surface area contributed by atoms with Crippen LogP contribution in [0.4, 0.5) is 0 Å². The summed E-state index contributed by atoms with van der Waals surface area (Å²) in [5.41, 5.74) is 0. The fraction of sp³-hybridized carbons (Fsp3) is 0.556. The van der Waals surface area contributed by atoms with Gasteiger partial charge in [0.25, 0.3) is 0 Å². The Morgan fingerprint density at radius 3 is 3.08 bits per heavy atom. The van der Waals surface area contributed by atoms with Gasteiger partial charge in [0, 0.05) is 17.5 Å². The number of ketones is 1. The van der Waals surface area contributed by atoms with Crippen LogP contribution in [-0.4, -0.2) is 10.8 Å². The van der Waals surface area contributed by atoms with Crippen molar-refractivity contribution >= 4 is 17.1 Å². The lowest BCUT2D eigenvalue weighted by Crippen LogP contribution is -1.93. The second-order valence-electron chi connectivity index (χ2n) is 3.12. The van der Waals surface area contributed by atoms with Crippen LogP contribution in [-0.2, 0) is 0 Å². The summed E-state index contributed by atoms with van der Waals surface area (Å²) in [5, 5.41) is 0.694. The Morgan fingerprint density at radius 2 is 2.50 bits per heavy atom. The summed E-state index contributed by atoms with van der Waals surface area (Å²) in [6, 6.07) is 0. The third-order valence-electron chi connectivity index (χ3n) is 2.06. The maximum Gasteiger partial charge on any atom is 0.191 e. The van der Waals surface area contributed by atoms with Gasteiger partial charge in [-0.3, -0.25) is 4.79 Å². The largest absolute Gasteiger partial charge is 0.292 e. The minimum atomic E-state index is 0.173. The Hall–Kier alpha value is -0.700. The van der Waals surface area contributed by atoms with Gasteiger partial charge in [-0.25, -0.2) is 4.98 Å². The molecule has 1 saturated carbocycles. The molecule has 3 heteroatoms. The van der Waals surface area contributed by atoms with Gasteiger partial charge in [-0.05, 0) is 18.8 Å². The lowest BCUT2D eigenvalue weighted by atomic mass is 10.3. The Kier molecular flexibility index (Phi) is 1.97. The SMILES string of the molecule is CCC(=O)c1ncc(C2CC2)s1. The number of thiazole rings is 1. The third kappa shape index (κ3) is 1.41. The summed E-state index contributed by atoms with van der Waals surface area (Å²) in [4.78, 5) is 16.6. The minimum absolute atomic E-state index is 0.173. The Morgan fingerprint density at radius 1 is 1.75 bits per heavy atom. The lowest BCUT2D eigenvalue weighted by Gasteiger charge is -1.87. The van der Waals surface area contributed by atoms with E-state index in [1.807, 2.05) is 13.1 Å². The average Bonchev–Trinajstić information content (AvgIpc) is 2.83. The van der Waals surface area contributed by atoms with Crippen LogP contribution in [0.1, 0.15) is 46.8 Å². The minimum Gasteiger partial charge on any atom is -0.292 e. The van der Waals surface area contributed by atoms with E-state index in [4.69, 9.17) is 0 Å². The van der Waals surface area contributed by atoms with Gasteiger partial charge in [0.2, 0.25) is 0 Å². The van der Waals surface area contributed by atoms with E-state index >= 15 is 0 Å². The van der Waals surface area contributed by atoms with Crippen LogP contribution in [0.2, 0.25) is 0 Å². The molecule has 0 amide bonds. The predicted octanol–water partition coefficient (Wildman–Crippen LogP) is 2.61. The molecule has 2 nitrogen and oxygen atoms in total. The zero-order valence-electron chi connectivity index (χ0n) is 7.04. The van der Waals surface area contributed by atoms with Crippen LogP contribution in [0.3, 0.4) is 0 Å². The molecule has 0 aromatic carbocycles. The summed E-state index contributed by atoms with van der Waals surface area (Å²) >= 11 is 1.58. The first kappa shape index (κ1) is 7.92. The van der Waals surface area contributed by atoms with Crippen molar-refractivity contribution < 1.29 is 4.79 Å². The van der Waals surface area contributed by atoms with E-state index in [0.717, 1.165) is 5.92 Å². The summed E-state index contributed by atoms with van der Waals surface area (Å²) in [7, 11) is 0. The number of Topliss-reactive ketones (excluding diaryl/α,β-unsaturated/α-hetero) is 1. The smallest absolute Gasteiger partial charge is 0.191 e. The summed E-state index contributed by atoms with van der Waals surface area (Å²) in [6.07, 6.45) is 4.99. The fourth-order valence-electron chi connectivity index (χ4n) is 1.12. The molecule has 0 spiro atoms. The topological polar surface area (TPSA) is 30.0 Å². The number of hydrogen-bond donors (Lipinski definition) is 0. The molecule has 0 unspecified atom stereocenters. The van der Waals surface area contributed by atoms with Crippen molar-refractivity contribution in [3.05, 3.63) is 16.1 Å². The molecular weight excluding hydrogens is 170 g/mol. The molecule has 1 aromatic rings. The molecule has 0 radical (unpaired) electrons. The number of carbonyl (C=O) groups excluding carboxylic acids is 1. The normalized spacial score (nSPS) is 16.4. The van der Waals surface area contributed by atoms with Crippen LogP contribution in [0.5, 0.6) is 0 Å². The van der Waals surface area contributed by atoms with Gasteiger partial charge < -0.3 is 0 Å². The second-order valence-corrected chi connectivity index (χ2v) is 4.18. The van der Waals surface area contributed by atoms with Gasteiger partial charge in [-0.2, -0.15) is 0 Å². The highest BCUT2D eigenvalue weighted by atomic mass is 32.1. The first-order valence-corrected chi connectivity index (χ1v) is 5.12. The Bertz CT molecular complexity index is 301. The van der Waals surface area contributed by atoms with Gasteiger partial charge in [-0.15, -0.1) is 11.3 Å². The van der Waals surface area contributed by atoms with E-state index in [2.05, 4.69) is 4.98 Å². The molecule has 1 aliphatic carbocycles. The zero-order valence-corrected chi connectivity index (χ0v) is 7.86. The van der Waals surface area contributed by atoms with E-state index in [0.29, 0.717) is 11.4 Å². The molecule has 12 heavy (non-hydrogen) atoms. The molecule has 1 heterocycles. The molecule has 0 bridgehead atoms. The highest BCUT2D eigenvalue weighted by molar-refractivity contribution is 7.13. The van der Waals surface area contributed by atoms with E-state index in [9.17, 15) is 4.79 Å². The third-order valence-corrected chi connectivity index (χ3v) is 3.26. The van der Waals surface area contributed by atoms with Gasteiger partial charge >= 0.3 is 0 Å². The Labute approximate surface area is 75.6 Å². The molecule has 0 N–H and O–H groups in total. The van der Waals surface area contributed by atoms with E-state index < -0.39 is 0 Å². The molecule has 64 valence electrons. The van der Waals surface area contributed by atoms with Crippen molar-refractivity contribution in [1.29, 1.82) is 0 Å². The summed E-state index contributed by atoms with van der Waals surface area (Å²) < 4.78 is 0. The summed E-state index contributed by atoms with van der Waals surface area (Å²) in [5.74, 6) is 0.896. The van der Waals surface area contributed by atoms with Gasteiger partial charge in [0.1, 0.15) is 0 Å². The van der Waals surface area contributed by atoms with Crippen molar-refractivity contribution in [1.82, 2.24) is 4.98 Å². The maximum atomic E-state index is 11.2. The van der Waals surface area contributed by atoms with Crippen molar-refractivity contribution in [2.45, 2.75) is 32.1 Å². The van der Waals surface area contributed by atoms with Gasteiger partial charge in [0.05, 0.1) is 0 Å². The first-order chi connectivity index (χ1) is 5.81. The molecule has 1 aromatic heterocycles.